The third-order valence-corrected chi connectivity index (χ3v) is 2.03. The van der Waals surface area contributed by atoms with E-state index in [0.717, 1.165) is 5.70 Å². The summed E-state index contributed by atoms with van der Waals surface area (Å²) in [6.07, 6.45) is 5.69. The van der Waals surface area contributed by atoms with E-state index in [9.17, 15) is 4.79 Å². The average Bonchev–Trinajstić information content (AvgIpc) is 2.27. The van der Waals surface area contributed by atoms with Crippen LogP contribution in [0.2, 0.25) is 0 Å². The van der Waals surface area contributed by atoms with Crippen molar-refractivity contribution in [2.75, 3.05) is 5.32 Å². The van der Waals surface area contributed by atoms with Gasteiger partial charge in [-0.1, -0.05) is 24.3 Å². The first-order valence-electron chi connectivity index (χ1n) is 5.04. The molecule has 3 nitrogen and oxygen atoms in total. The molecule has 0 aromatic heterocycles. The maximum Gasteiger partial charge on any atom is 0.337 e. The van der Waals surface area contributed by atoms with Crippen LogP contribution in [0.4, 0.5) is 5.69 Å². The first-order valence-corrected chi connectivity index (χ1v) is 5.04. The number of allylic oxidation sites excluding steroid dienone is 4. The topological polar surface area (TPSA) is 49.3 Å². The summed E-state index contributed by atoms with van der Waals surface area (Å²) in [5.74, 6) is -0.929. The van der Waals surface area contributed by atoms with Crippen LogP contribution in [0, 0.1) is 0 Å². The van der Waals surface area contributed by atoms with Gasteiger partial charge in [-0.3, -0.25) is 0 Å². The van der Waals surface area contributed by atoms with Gasteiger partial charge >= 0.3 is 5.97 Å². The molecule has 16 heavy (non-hydrogen) atoms. The minimum Gasteiger partial charge on any atom is -0.478 e. The Kier molecular flexibility index (Phi) is 4.33. The number of hydrogen-bond acceptors (Lipinski definition) is 2. The third-order valence-electron chi connectivity index (χ3n) is 2.03. The molecule has 0 aliphatic heterocycles. The van der Waals surface area contributed by atoms with E-state index in [-0.39, 0.29) is 5.56 Å². The summed E-state index contributed by atoms with van der Waals surface area (Å²) in [7, 11) is 0. The largest absolute Gasteiger partial charge is 0.478 e. The molecule has 0 atom stereocenters. The number of anilines is 1. The standard InChI is InChI=1S/C13H15NO2/c1-3-4-7-10(2)14-12-9-6-5-8-11(12)13(15)16/h3-9,14H,1-2H3,(H,15,16)/b4-3-,10-7+. The highest BCUT2D eigenvalue weighted by atomic mass is 16.4. The highest BCUT2D eigenvalue weighted by molar-refractivity contribution is 5.94. The van der Waals surface area contributed by atoms with Gasteiger partial charge in [-0.25, -0.2) is 4.79 Å². The van der Waals surface area contributed by atoms with Crippen LogP contribution in [0.25, 0.3) is 0 Å². The Morgan fingerprint density at radius 1 is 1.38 bits per heavy atom. The van der Waals surface area contributed by atoms with Gasteiger partial charge in [-0.15, -0.1) is 0 Å². The lowest BCUT2D eigenvalue weighted by molar-refractivity contribution is 0.0698. The summed E-state index contributed by atoms with van der Waals surface area (Å²) in [6, 6.07) is 6.83. The number of hydrogen-bond donors (Lipinski definition) is 2. The van der Waals surface area contributed by atoms with Crippen LogP contribution in [0.1, 0.15) is 24.2 Å². The summed E-state index contributed by atoms with van der Waals surface area (Å²) in [6.45, 7) is 3.81. The minimum atomic E-state index is -0.929. The van der Waals surface area contributed by atoms with Gasteiger partial charge in [-0.05, 0) is 32.1 Å². The zero-order valence-corrected chi connectivity index (χ0v) is 9.40. The molecule has 0 aliphatic rings. The molecular formula is C13H15NO2. The van der Waals surface area contributed by atoms with E-state index < -0.39 is 5.97 Å². The van der Waals surface area contributed by atoms with Crippen LogP contribution in [0.3, 0.4) is 0 Å². The lowest BCUT2D eigenvalue weighted by atomic mass is 10.1. The van der Waals surface area contributed by atoms with Crippen molar-refractivity contribution in [3.63, 3.8) is 0 Å². The van der Waals surface area contributed by atoms with Gasteiger partial charge in [0.15, 0.2) is 0 Å². The maximum absolute atomic E-state index is 10.9. The second-order valence-electron chi connectivity index (χ2n) is 3.35. The van der Waals surface area contributed by atoms with Crippen LogP contribution >= 0.6 is 0 Å². The molecule has 0 bridgehead atoms. The SMILES string of the molecule is C/C=C\C=C(/C)Nc1ccccc1C(=O)O. The van der Waals surface area contributed by atoms with E-state index in [2.05, 4.69) is 5.32 Å². The van der Waals surface area contributed by atoms with Gasteiger partial charge in [0.05, 0.1) is 11.3 Å². The van der Waals surface area contributed by atoms with Gasteiger partial charge in [0, 0.05) is 5.70 Å². The molecule has 0 saturated carbocycles. The second kappa shape index (κ2) is 5.75. The molecule has 1 rings (SSSR count). The summed E-state index contributed by atoms with van der Waals surface area (Å²) >= 11 is 0. The van der Waals surface area contributed by atoms with Crippen molar-refractivity contribution in [2.45, 2.75) is 13.8 Å². The predicted octanol–water partition coefficient (Wildman–Crippen LogP) is 3.28. The van der Waals surface area contributed by atoms with Crippen LogP contribution in [0.15, 0.2) is 48.2 Å². The Morgan fingerprint density at radius 2 is 2.06 bits per heavy atom. The molecule has 0 fully saturated rings. The second-order valence-corrected chi connectivity index (χ2v) is 3.35. The minimum absolute atomic E-state index is 0.274. The normalized spacial score (nSPS) is 11.8. The molecule has 0 spiro atoms. The zero-order valence-electron chi connectivity index (χ0n) is 9.40. The molecule has 1 aromatic rings. The average molecular weight is 217 g/mol. The number of carboxylic acids is 1. The molecule has 0 radical (unpaired) electrons. The van der Waals surface area contributed by atoms with Crippen LogP contribution in [-0.4, -0.2) is 11.1 Å². The molecule has 0 heterocycles. The van der Waals surface area contributed by atoms with Crippen molar-refractivity contribution >= 4 is 11.7 Å². The smallest absolute Gasteiger partial charge is 0.337 e. The Morgan fingerprint density at radius 3 is 2.69 bits per heavy atom. The quantitative estimate of drug-likeness (QED) is 0.761. The molecule has 3 heteroatoms. The predicted molar refractivity (Wildman–Crippen MR) is 65.6 cm³/mol. The van der Waals surface area contributed by atoms with Crippen LogP contribution in [0.5, 0.6) is 0 Å². The molecule has 0 unspecified atom stereocenters. The van der Waals surface area contributed by atoms with Crippen molar-refractivity contribution in [1.29, 1.82) is 0 Å². The van der Waals surface area contributed by atoms with Crippen LogP contribution < -0.4 is 5.32 Å². The first-order chi connectivity index (χ1) is 7.65. The van der Waals surface area contributed by atoms with E-state index in [1.54, 1.807) is 24.3 Å². The summed E-state index contributed by atoms with van der Waals surface area (Å²) in [5.41, 5.74) is 1.77. The van der Waals surface area contributed by atoms with E-state index in [1.807, 2.05) is 32.1 Å². The highest BCUT2D eigenvalue weighted by Gasteiger charge is 2.07. The third kappa shape index (κ3) is 3.28. The number of benzene rings is 1. The Labute approximate surface area is 95.1 Å². The number of aromatic carboxylic acids is 1. The number of para-hydroxylation sites is 1. The van der Waals surface area contributed by atoms with Crippen molar-refractivity contribution in [3.8, 4) is 0 Å². The van der Waals surface area contributed by atoms with Gasteiger partial charge in [0.25, 0.3) is 0 Å². The van der Waals surface area contributed by atoms with E-state index in [1.165, 1.54) is 0 Å². The van der Waals surface area contributed by atoms with E-state index in [4.69, 9.17) is 5.11 Å². The van der Waals surface area contributed by atoms with Crippen molar-refractivity contribution < 1.29 is 9.90 Å². The Balaban J connectivity index is 2.93. The van der Waals surface area contributed by atoms with Crippen molar-refractivity contribution in [3.05, 3.63) is 53.8 Å². The molecule has 84 valence electrons. The van der Waals surface area contributed by atoms with Gasteiger partial charge < -0.3 is 10.4 Å². The van der Waals surface area contributed by atoms with Crippen molar-refractivity contribution in [1.82, 2.24) is 0 Å². The fourth-order valence-corrected chi connectivity index (χ4v) is 1.27. The van der Waals surface area contributed by atoms with Crippen LogP contribution in [-0.2, 0) is 0 Å². The lowest BCUT2D eigenvalue weighted by Gasteiger charge is -2.08. The fourth-order valence-electron chi connectivity index (χ4n) is 1.27. The molecule has 1 aromatic carbocycles. The zero-order chi connectivity index (χ0) is 12.0. The lowest BCUT2D eigenvalue weighted by Crippen LogP contribution is -2.04. The monoisotopic (exact) mass is 217 g/mol. The van der Waals surface area contributed by atoms with Gasteiger partial charge in [-0.2, -0.15) is 0 Å². The number of rotatable bonds is 4. The molecule has 0 amide bonds. The summed E-state index contributed by atoms with van der Waals surface area (Å²) < 4.78 is 0. The molecule has 2 N–H and O–H groups in total. The molecular weight excluding hydrogens is 202 g/mol. The number of carbonyl (C=O) groups is 1. The summed E-state index contributed by atoms with van der Waals surface area (Å²) in [5, 5.41) is 12.0. The fraction of sp³-hybridized carbons (Fsp3) is 0.154. The highest BCUT2D eigenvalue weighted by Crippen LogP contribution is 2.16. The van der Waals surface area contributed by atoms with E-state index in [0.29, 0.717) is 5.69 Å². The van der Waals surface area contributed by atoms with Crippen molar-refractivity contribution in [2.24, 2.45) is 0 Å². The Bertz CT molecular complexity index is 433. The molecule has 0 aliphatic carbocycles. The maximum atomic E-state index is 10.9. The van der Waals surface area contributed by atoms with E-state index >= 15 is 0 Å². The molecule has 0 saturated heterocycles. The Hall–Kier alpha value is -2.03. The van der Waals surface area contributed by atoms with Gasteiger partial charge in [0.1, 0.15) is 0 Å². The first kappa shape index (κ1) is 12.0. The summed E-state index contributed by atoms with van der Waals surface area (Å²) in [4.78, 5) is 10.9. The number of carboxylic acid groups (broad SMARTS) is 1. The number of nitrogens with one attached hydrogen (secondary N) is 1. The van der Waals surface area contributed by atoms with Gasteiger partial charge in [0.2, 0.25) is 0 Å².